The summed E-state index contributed by atoms with van der Waals surface area (Å²) >= 11 is 0. The zero-order chi connectivity index (χ0) is 21.1. The second-order valence-corrected chi connectivity index (χ2v) is 8.60. The van der Waals surface area contributed by atoms with Gasteiger partial charge in [0.25, 0.3) is 5.91 Å². The Morgan fingerprint density at radius 3 is 2.90 bits per heavy atom. The molecule has 1 N–H and O–H groups in total. The molecule has 6 nitrogen and oxygen atoms in total. The highest BCUT2D eigenvalue weighted by atomic mass is 16.5. The molecule has 2 aliphatic heterocycles. The van der Waals surface area contributed by atoms with Gasteiger partial charge in [0.15, 0.2) is 6.61 Å². The Morgan fingerprint density at radius 2 is 2.07 bits per heavy atom. The van der Waals surface area contributed by atoms with E-state index in [9.17, 15) is 9.59 Å². The monoisotopic (exact) mass is 412 g/mol. The highest BCUT2D eigenvalue weighted by Gasteiger charge is 2.32. The molecule has 0 spiro atoms. The van der Waals surface area contributed by atoms with Crippen LogP contribution >= 0.6 is 0 Å². The maximum absolute atomic E-state index is 12.4. The maximum atomic E-state index is 12.4. The predicted octanol–water partition coefficient (Wildman–Crippen LogP) is 3.42. The van der Waals surface area contributed by atoms with E-state index in [4.69, 9.17) is 9.15 Å². The summed E-state index contributed by atoms with van der Waals surface area (Å²) in [6.45, 7) is 6.96. The van der Waals surface area contributed by atoms with Crippen molar-refractivity contribution in [1.29, 1.82) is 0 Å². The molecule has 0 radical (unpaired) electrons. The minimum absolute atomic E-state index is 0.0366. The summed E-state index contributed by atoms with van der Waals surface area (Å²) in [6, 6.07) is 5.91. The molecule has 4 rings (SSSR count). The summed E-state index contributed by atoms with van der Waals surface area (Å²) < 4.78 is 11.2. The van der Waals surface area contributed by atoms with Gasteiger partial charge in [0.1, 0.15) is 11.3 Å². The zero-order valence-electron chi connectivity index (χ0n) is 18.0. The minimum atomic E-state index is -0.360. The van der Waals surface area contributed by atoms with Gasteiger partial charge in [0.05, 0.1) is 0 Å². The van der Waals surface area contributed by atoms with Crippen LogP contribution in [0.1, 0.15) is 50.2 Å². The van der Waals surface area contributed by atoms with E-state index in [0.717, 1.165) is 29.5 Å². The molecule has 1 aromatic heterocycles. The topological polar surface area (TPSA) is 71.8 Å². The molecule has 0 unspecified atom stereocenters. The van der Waals surface area contributed by atoms with Gasteiger partial charge >= 0.3 is 5.63 Å². The number of amides is 1. The van der Waals surface area contributed by atoms with Crippen molar-refractivity contribution >= 4 is 16.9 Å². The average Bonchev–Trinajstić information content (AvgIpc) is 2.77. The molecule has 0 aliphatic carbocycles. The number of fused-ring (bicyclic) bond motifs is 2. The zero-order valence-corrected chi connectivity index (χ0v) is 18.0. The molecule has 162 valence electrons. The molecule has 6 heteroatoms. The van der Waals surface area contributed by atoms with Crippen molar-refractivity contribution in [3.8, 4) is 5.75 Å². The Balaban J connectivity index is 1.36. The van der Waals surface area contributed by atoms with Crippen LogP contribution in [0, 0.1) is 12.8 Å². The molecular formula is C24H32N2O4. The Kier molecular flexibility index (Phi) is 6.42. The molecule has 30 heavy (non-hydrogen) atoms. The van der Waals surface area contributed by atoms with E-state index in [0.29, 0.717) is 23.3 Å². The predicted molar refractivity (Wildman–Crippen MR) is 117 cm³/mol. The number of piperidine rings is 2. The van der Waals surface area contributed by atoms with Crippen LogP contribution < -0.4 is 15.7 Å². The molecule has 1 amide bonds. The van der Waals surface area contributed by atoms with Gasteiger partial charge in [0.2, 0.25) is 0 Å². The van der Waals surface area contributed by atoms with Crippen molar-refractivity contribution in [2.24, 2.45) is 5.92 Å². The Labute approximate surface area is 177 Å². The third-order valence-corrected chi connectivity index (χ3v) is 6.73. The fourth-order valence-electron chi connectivity index (χ4n) is 5.11. The van der Waals surface area contributed by atoms with Gasteiger partial charge in [-0.2, -0.15) is 0 Å². The van der Waals surface area contributed by atoms with Crippen LogP contribution in [0.25, 0.3) is 11.0 Å². The Bertz CT molecular complexity index is 966. The van der Waals surface area contributed by atoms with Crippen LogP contribution in [0.2, 0.25) is 0 Å². The molecule has 2 aromatic rings. The average molecular weight is 413 g/mol. The second kappa shape index (κ2) is 9.21. The molecule has 2 atom stereocenters. The number of ether oxygens (including phenoxy) is 1. The van der Waals surface area contributed by atoms with Crippen molar-refractivity contribution in [2.45, 2.75) is 58.4 Å². The number of rotatable bonds is 6. The number of aryl methyl sites for hydroxylation is 2. The Morgan fingerprint density at radius 1 is 1.23 bits per heavy atom. The lowest BCUT2D eigenvalue weighted by molar-refractivity contribution is -0.123. The lowest BCUT2D eigenvalue weighted by Crippen LogP contribution is -2.51. The fourth-order valence-corrected chi connectivity index (χ4v) is 5.11. The quantitative estimate of drug-likeness (QED) is 0.736. The number of hydrogen-bond acceptors (Lipinski definition) is 5. The largest absolute Gasteiger partial charge is 0.483 e. The van der Waals surface area contributed by atoms with Gasteiger partial charge in [0, 0.05) is 29.6 Å². The molecule has 2 fully saturated rings. The lowest BCUT2D eigenvalue weighted by Gasteiger charge is -2.44. The summed E-state index contributed by atoms with van der Waals surface area (Å²) in [5.74, 6) is 1.00. The van der Waals surface area contributed by atoms with Gasteiger partial charge in [-0.15, -0.1) is 0 Å². The van der Waals surface area contributed by atoms with Crippen LogP contribution in [0.4, 0.5) is 0 Å². The summed E-state index contributed by atoms with van der Waals surface area (Å²) in [5.41, 5.74) is 1.88. The molecule has 0 bridgehead atoms. The Hall–Kier alpha value is -2.34. The molecular weight excluding hydrogens is 380 g/mol. The number of carbonyl (C=O) groups is 1. The fraction of sp³-hybridized carbons (Fsp3) is 0.583. The SMILES string of the molecule is CCc1cc(=O)oc2c(C)c(OCC(=O)NC[C@H]3CCCN4CCCC[C@H]34)ccc12. The summed E-state index contributed by atoms with van der Waals surface area (Å²) in [5, 5.41) is 3.99. The van der Waals surface area contributed by atoms with E-state index in [2.05, 4.69) is 10.2 Å². The molecule has 1 aromatic carbocycles. The second-order valence-electron chi connectivity index (χ2n) is 8.60. The van der Waals surface area contributed by atoms with Crippen LogP contribution in [-0.2, 0) is 11.2 Å². The first-order chi connectivity index (χ1) is 14.6. The van der Waals surface area contributed by atoms with Crippen molar-refractivity contribution in [3.63, 3.8) is 0 Å². The van der Waals surface area contributed by atoms with Gasteiger partial charge < -0.3 is 19.4 Å². The summed E-state index contributed by atoms with van der Waals surface area (Å²) in [4.78, 5) is 26.9. The van der Waals surface area contributed by atoms with Crippen LogP contribution in [0.3, 0.4) is 0 Å². The third-order valence-electron chi connectivity index (χ3n) is 6.73. The van der Waals surface area contributed by atoms with E-state index in [1.165, 1.54) is 51.3 Å². The smallest absolute Gasteiger partial charge is 0.336 e. The van der Waals surface area contributed by atoms with Crippen molar-refractivity contribution < 1.29 is 13.9 Å². The highest BCUT2D eigenvalue weighted by Crippen LogP contribution is 2.31. The van der Waals surface area contributed by atoms with Crippen LogP contribution in [-0.4, -0.2) is 43.1 Å². The van der Waals surface area contributed by atoms with Crippen LogP contribution in [0.15, 0.2) is 27.4 Å². The van der Waals surface area contributed by atoms with Gasteiger partial charge in [-0.1, -0.05) is 13.3 Å². The number of benzene rings is 1. The number of nitrogens with one attached hydrogen (secondary N) is 1. The van der Waals surface area contributed by atoms with Crippen molar-refractivity contribution in [2.75, 3.05) is 26.2 Å². The van der Waals surface area contributed by atoms with Crippen molar-refractivity contribution in [1.82, 2.24) is 10.2 Å². The molecule has 2 aliphatic rings. The number of nitrogens with zero attached hydrogens (tertiary/aromatic N) is 1. The van der Waals surface area contributed by atoms with Crippen molar-refractivity contribution in [3.05, 3.63) is 39.7 Å². The lowest BCUT2D eigenvalue weighted by atomic mass is 9.83. The first-order valence-electron chi connectivity index (χ1n) is 11.3. The van der Waals surface area contributed by atoms with Crippen LogP contribution in [0.5, 0.6) is 5.75 Å². The first kappa shape index (κ1) is 20.9. The van der Waals surface area contributed by atoms with E-state index < -0.39 is 0 Å². The van der Waals surface area contributed by atoms with Gasteiger partial charge in [-0.25, -0.2) is 4.79 Å². The minimum Gasteiger partial charge on any atom is -0.483 e. The third kappa shape index (κ3) is 4.38. The standard InChI is InChI=1S/C24H32N2O4/c1-3-17-13-23(28)30-24-16(2)21(10-9-19(17)24)29-15-22(27)25-14-18-7-6-12-26-11-5-4-8-20(18)26/h9-10,13,18,20H,3-8,11-12,14-15H2,1-2H3,(H,25,27)/t18-,20-/m1/s1. The summed E-state index contributed by atoms with van der Waals surface area (Å²) in [7, 11) is 0. The molecule has 3 heterocycles. The van der Waals surface area contributed by atoms with E-state index >= 15 is 0 Å². The molecule has 0 saturated carbocycles. The van der Waals surface area contributed by atoms with E-state index in [1.54, 1.807) is 0 Å². The van der Waals surface area contributed by atoms with E-state index in [-0.39, 0.29) is 18.1 Å². The normalized spacial score (nSPS) is 21.9. The number of hydrogen-bond donors (Lipinski definition) is 1. The molecule has 2 saturated heterocycles. The number of carbonyl (C=O) groups excluding carboxylic acids is 1. The first-order valence-corrected chi connectivity index (χ1v) is 11.3. The highest BCUT2D eigenvalue weighted by molar-refractivity contribution is 5.85. The maximum Gasteiger partial charge on any atom is 0.336 e. The summed E-state index contributed by atoms with van der Waals surface area (Å²) in [6.07, 6.45) is 7.00. The van der Waals surface area contributed by atoms with E-state index in [1.807, 2.05) is 26.0 Å². The van der Waals surface area contributed by atoms with Gasteiger partial charge in [-0.3, -0.25) is 4.79 Å². The van der Waals surface area contributed by atoms with Gasteiger partial charge in [-0.05, 0) is 75.7 Å².